The fourth-order valence-corrected chi connectivity index (χ4v) is 2.44. The van der Waals surface area contributed by atoms with E-state index in [1.165, 1.54) is 0 Å². The Bertz CT molecular complexity index is 269. The molecule has 0 aliphatic carbocycles. The Morgan fingerprint density at radius 1 is 1.17 bits per heavy atom. The van der Waals surface area contributed by atoms with Crippen LogP contribution >= 0.6 is 0 Å². The summed E-state index contributed by atoms with van der Waals surface area (Å²) in [6.07, 6.45) is 1.14. The van der Waals surface area contributed by atoms with Crippen LogP contribution in [-0.4, -0.2) is 86.1 Å². The van der Waals surface area contributed by atoms with Crippen LogP contribution in [0.15, 0.2) is 0 Å². The third-order valence-corrected chi connectivity index (χ3v) is 3.45. The zero-order valence-electron chi connectivity index (χ0n) is 10.7. The zero-order valence-corrected chi connectivity index (χ0v) is 10.7. The molecule has 1 atom stereocenters. The number of hydrogen-bond acceptors (Lipinski definition) is 5. The molecular formula is C12H22N2O4. The molecule has 0 amide bonds. The van der Waals surface area contributed by atoms with E-state index in [-0.39, 0.29) is 12.6 Å². The van der Waals surface area contributed by atoms with Crippen LogP contribution in [0.3, 0.4) is 0 Å². The van der Waals surface area contributed by atoms with Crippen molar-refractivity contribution in [2.45, 2.75) is 12.5 Å². The third kappa shape index (κ3) is 4.53. The lowest BCUT2D eigenvalue weighted by molar-refractivity contribution is -0.140. The first kappa shape index (κ1) is 13.7. The molecule has 2 saturated heterocycles. The van der Waals surface area contributed by atoms with Gasteiger partial charge in [0, 0.05) is 32.7 Å². The number of carboxylic acids is 1. The summed E-state index contributed by atoms with van der Waals surface area (Å²) in [5, 5.41) is 8.78. The smallest absolute Gasteiger partial charge is 0.317 e. The van der Waals surface area contributed by atoms with Crippen molar-refractivity contribution in [2.24, 2.45) is 0 Å². The lowest BCUT2D eigenvalue weighted by Crippen LogP contribution is -2.46. The summed E-state index contributed by atoms with van der Waals surface area (Å²) in [5.41, 5.74) is 0. The Hall–Kier alpha value is -0.690. The van der Waals surface area contributed by atoms with Crippen LogP contribution in [0.1, 0.15) is 6.42 Å². The monoisotopic (exact) mass is 258 g/mol. The van der Waals surface area contributed by atoms with E-state index >= 15 is 0 Å². The van der Waals surface area contributed by atoms with Crippen LogP contribution in [0, 0.1) is 0 Å². The van der Waals surface area contributed by atoms with Crippen LogP contribution < -0.4 is 0 Å². The Morgan fingerprint density at radius 2 is 1.89 bits per heavy atom. The third-order valence-electron chi connectivity index (χ3n) is 3.45. The Morgan fingerprint density at radius 3 is 2.61 bits per heavy atom. The largest absolute Gasteiger partial charge is 0.480 e. The summed E-state index contributed by atoms with van der Waals surface area (Å²) in [5.74, 6) is -0.760. The summed E-state index contributed by atoms with van der Waals surface area (Å²) in [6.45, 7) is 6.84. The predicted molar refractivity (Wildman–Crippen MR) is 65.7 cm³/mol. The minimum atomic E-state index is -0.760. The second kappa shape index (κ2) is 7.04. The van der Waals surface area contributed by atoms with Gasteiger partial charge in [-0.25, -0.2) is 0 Å². The maximum absolute atomic E-state index is 10.7. The number of ether oxygens (including phenoxy) is 2. The van der Waals surface area contributed by atoms with Crippen molar-refractivity contribution in [1.29, 1.82) is 0 Å². The standard InChI is InChI=1S/C12H22N2O4/c15-12(16)10-14-5-8-18-11(9-14)1-2-13-3-6-17-7-4-13/h11H,1-10H2,(H,15,16). The molecule has 1 unspecified atom stereocenters. The number of hydrogen-bond donors (Lipinski definition) is 1. The van der Waals surface area contributed by atoms with Crippen molar-refractivity contribution in [2.75, 3.05) is 59.1 Å². The molecule has 18 heavy (non-hydrogen) atoms. The summed E-state index contributed by atoms with van der Waals surface area (Å²) in [6, 6.07) is 0. The maximum atomic E-state index is 10.7. The molecule has 2 aliphatic heterocycles. The van der Waals surface area contributed by atoms with E-state index < -0.39 is 5.97 Å². The first-order valence-corrected chi connectivity index (χ1v) is 6.60. The van der Waals surface area contributed by atoms with Crippen molar-refractivity contribution < 1.29 is 19.4 Å². The van der Waals surface area contributed by atoms with E-state index in [4.69, 9.17) is 14.6 Å². The molecule has 0 aromatic heterocycles. The van der Waals surface area contributed by atoms with Gasteiger partial charge in [-0.15, -0.1) is 0 Å². The molecule has 6 nitrogen and oxygen atoms in total. The number of morpholine rings is 2. The molecule has 2 heterocycles. The second-order valence-corrected chi connectivity index (χ2v) is 4.86. The average Bonchev–Trinajstić information content (AvgIpc) is 2.37. The highest BCUT2D eigenvalue weighted by atomic mass is 16.5. The number of carboxylic acid groups (broad SMARTS) is 1. The molecule has 0 aromatic rings. The molecule has 2 rings (SSSR count). The highest BCUT2D eigenvalue weighted by molar-refractivity contribution is 5.69. The first-order chi connectivity index (χ1) is 8.74. The highest BCUT2D eigenvalue weighted by Crippen LogP contribution is 2.10. The van der Waals surface area contributed by atoms with Crippen molar-refractivity contribution in [3.05, 3.63) is 0 Å². The van der Waals surface area contributed by atoms with Crippen LogP contribution in [-0.2, 0) is 14.3 Å². The fourth-order valence-electron chi connectivity index (χ4n) is 2.44. The van der Waals surface area contributed by atoms with E-state index in [2.05, 4.69) is 4.90 Å². The molecule has 0 radical (unpaired) electrons. The molecular weight excluding hydrogens is 236 g/mol. The van der Waals surface area contributed by atoms with Crippen molar-refractivity contribution >= 4 is 5.97 Å². The topological polar surface area (TPSA) is 62.2 Å². The molecule has 1 N–H and O–H groups in total. The quantitative estimate of drug-likeness (QED) is 0.717. The van der Waals surface area contributed by atoms with Crippen molar-refractivity contribution in [1.82, 2.24) is 9.80 Å². The van der Waals surface area contributed by atoms with E-state index in [1.807, 2.05) is 4.90 Å². The number of rotatable bonds is 5. The minimum absolute atomic E-state index is 0.122. The van der Waals surface area contributed by atoms with Gasteiger partial charge in [0.1, 0.15) is 0 Å². The van der Waals surface area contributed by atoms with E-state index in [1.54, 1.807) is 0 Å². The molecule has 104 valence electrons. The van der Waals surface area contributed by atoms with Gasteiger partial charge in [-0.05, 0) is 6.42 Å². The Labute approximate surface area is 107 Å². The summed E-state index contributed by atoms with van der Waals surface area (Å²) < 4.78 is 11.0. The van der Waals surface area contributed by atoms with Gasteiger partial charge in [0.15, 0.2) is 0 Å². The Kier molecular flexibility index (Phi) is 5.37. The summed E-state index contributed by atoms with van der Waals surface area (Å²) >= 11 is 0. The molecule has 0 saturated carbocycles. The van der Waals surface area contributed by atoms with Crippen LogP contribution in [0.2, 0.25) is 0 Å². The molecule has 2 aliphatic rings. The molecule has 0 spiro atoms. The van der Waals surface area contributed by atoms with Crippen LogP contribution in [0.4, 0.5) is 0 Å². The van der Waals surface area contributed by atoms with Crippen LogP contribution in [0.25, 0.3) is 0 Å². The maximum Gasteiger partial charge on any atom is 0.317 e. The van der Waals surface area contributed by atoms with E-state index in [9.17, 15) is 4.79 Å². The zero-order chi connectivity index (χ0) is 12.8. The molecule has 6 heteroatoms. The van der Waals surface area contributed by atoms with Crippen molar-refractivity contribution in [3.8, 4) is 0 Å². The summed E-state index contributed by atoms with van der Waals surface area (Å²) in [4.78, 5) is 15.0. The SMILES string of the molecule is O=C(O)CN1CCOC(CCN2CCOCC2)C1. The molecule has 0 bridgehead atoms. The lowest BCUT2D eigenvalue weighted by Gasteiger charge is -2.34. The highest BCUT2D eigenvalue weighted by Gasteiger charge is 2.22. The van der Waals surface area contributed by atoms with Gasteiger partial charge >= 0.3 is 5.97 Å². The van der Waals surface area contributed by atoms with Gasteiger partial charge in [-0.2, -0.15) is 0 Å². The van der Waals surface area contributed by atoms with E-state index in [0.717, 1.165) is 52.4 Å². The van der Waals surface area contributed by atoms with Crippen molar-refractivity contribution in [3.63, 3.8) is 0 Å². The fraction of sp³-hybridized carbons (Fsp3) is 0.917. The minimum Gasteiger partial charge on any atom is -0.480 e. The Balaban J connectivity index is 1.67. The number of nitrogens with zero attached hydrogens (tertiary/aromatic N) is 2. The van der Waals surface area contributed by atoms with Gasteiger partial charge in [-0.1, -0.05) is 0 Å². The van der Waals surface area contributed by atoms with E-state index in [0.29, 0.717) is 6.61 Å². The second-order valence-electron chi connectivity index (χ2n) is 4.86. The number of aliphatic carboxylic acids is 1. The first-order valence-electron chi connectivity index (χ1n) is 6.60. The molecule has 0 aromatic carbocycles. The van der Waals surface area contributed by atoms with Gasteiger partial charge in [0.2, 0.25) is 0 Å². The van der Waals surface area contributed by atoms with Gasteiger partial charge in [0.25, 0.3) is 0 Å². The lowest BCUT2D eigenvalue weighted by atomic mass is 10.2. The normalized spacial score (nSPS) is 27.2. The van der Waals surface area contributed by atoms with Gasteiger partial charge in [-0.3, -0.25) is 14.6 Å². The predicted octanol–water partition coefficient (Wildman–Crippen LogP) is -0.506. The van der Waals surface area contributed by atoms with Gasteiger partial charge < -0.3 is 14.6 Å². The molecule has 2 fully saturated rings. The average molecular weight is 258 g/mol. The van der Waals surface area contributed by atoms with Gasteiger partial charge in [0.05, 0.1) is 32.5 Å². The summed E-state index contributed by atoms with van der Waals surface area (Å²) in [7, 11) is 0. The number of carbonyl (C=O) groups is 1. The van der Waals surface area contributed by atoms with Crippen LogP contribution in [0.5, 0.6) is 0 Å².